The maximum atomic E-state index is 12.7. The van der Waals surface area contributed by atoms with Gasteiger partial charge in [0.1, 0.15) is 6.04 Å². The molecule has 154 valence electrons. The first-order valence-electron chi connectivity index (χ1n) is 9.43. The van der Waals surface area contributed by atoms with Gasteiger partial charge in [-0.05, 0) is 36.6 Å². The average molecular weight is 414 g/mol. The third-order valence-corrected chi connectivity index (χ3v) is 5.01. The molecule has 0 saturated carbocycles. The highest BCUT2D eigenvalue weighted by Gasteiger charge is 2.25. The number of carboxylic acids is 1. The van der Waals surface area contributed by atoms with Crippen LogP contribution in [0.25, 0.3) is 0 Å². The molecule has 0 radical (unpaired) electrons. The molecule has 2 N–H and O–H groups in total. The molecule has 0 fully saturated rings. The molecule has 2 atom stereocenters. The Hall–Kier alpha value is -2.80. The Morgan fingerprint density at radius 2 is 1.72 bits per heavy atom. The fourth-order valence-electron chi connectivity index (χ4n) is 2.95. The number of benzene rings is 2. The summed E-state index contributed by atoms with van der Waals surface area (Å²) in [5.74, 6) is -1.42. The van der Waals surface area contributed by atoms with Gasteiger partial charge in [-0.1, -0.05) is 42.5 Å². The predicted molar refractivity (Wildman–Crippen MR) is 120 cm³/mol. The molecule has 2 aromatic rings. The highest BCUT2D eigenvalue weighted by molar-refractivity contribution is 7.80. The lowest BCUT2D eigenvalue weighted by Gasteiger charge is -2.20. The number of hydrogen-bond donors (Lipinski definition) is 3. The summed E-state index contributed by atoms with van der Waals surface area (Å²) in [5, 5.41) is 18.1. The lowest BCUT2D eigenvalue weighted by Crippen LogP contribution is -2.45. The number of carbonyl (C=O) groups excluding carboxylic acids is 1. The van der Waals surface area contributed by atoms with Crippen LogP contribution in [0.5, 0.6) is 0 Å². The van der Waals surface area contributed by atoms with Gasteiger partial charge in [0.25, 0.3) is 0 Å². The largest absolute Gasteiger partial charge is 0.480 e. The van der Waals surface area contributed by atoms with Crippen molar-refractivity contribution in [2.24, 2.45) is 11.0 Å². The average Bonchev–Trinajstić information content (AvgIpc) is 2.72. The Labute approximate surface area is 177 Å². The van der Waals surface area contributed by atoms with Crippen molar-refractivity contribution < 1.29 is 14.7 Å². The van der Waals surface area contributed by atoms with Crippen molar-refractivity contribution in [2.45, 2.75) is 25.8 Å². The number of thiol groups is 1. The molecule has 0 aromatic heterocycles. The van der Waals surface area contributed by atoms with Crippen LogP contribution in [-0.4, -0.2) is 42.0 Å². The molecule has 0 aliphatic rings. The zero-order chi connectivity index (χ0) is 21.2. The van der Waals surface area contributed by atoms with Crippen molar-refractivity contribution >= 4 is 36.4 Å². The Morgan fingerprint density at radius 3 is 2.28 bits per heavy atom. The van der Waals surface area contributed by atoms with Crippen molar-refractivity contribution in [3.05, 3.63) is 65.7 Å². The van der Waals surface area contributed by atoms with Gasteiger partial charge in [-0.15, -0.1) is 0 Å². The molecule has 6 nitrogen and oxygen atoms in total. The molecular formula is C22H27N3O3S. The van der Waals surface area contributed by atoms with Gasteiger partial charge in [-0.2, -0.15) is 17.7 Å². The van der Waals surface area contributed by atoms with Gasteiger partial charge in [-0.3, -0.25) is 9.80 Å². The van der Waals surface area contributed by atoms with Gasteiger partial charge in [0, 0.05) is 25.4 Å². The second-order valence-corrected chi connectivity index (χ2v) is 7.10. The topological polar surface area (TPSA) is 82.0 Å². The van der Waals surface area contributed by atoms with Crippen molar-refractivity contribution in [3.8, 4) is 0 Å². The molecule has 0 heterocycles. The number of hydrogen-bond acceptors (Lipinski definition) is 5. The van der Waals surface area contributed by atoms with Crippen LogP contribution in [0.1, 0.15) is 18.1 Å². The van der Waals surface area contributed by atoms with Gasteiger partial charge in [0.15, 0.2) is 0 Å². The summed E-state index contributed by atoms with van der Waals surface area (Å²) >= 11 is 4.28. The Morgan fingerprint density at radius 1 is 1.10 bits per heavy atom. The Balaban J connectivity index is 2.03. The molecule has 2 aromatic carbocycles. The number of nitrogens with zero attached hydrogens (tertiary/aromatic N) is 2. The van der Waals surface area contributed by atoms with Gasteiger partial charge < -0.3 is 10.4 Å². The molecule has 0 saturated heterocycles. The van der Waals surface area contributed by atoms with Crippen molar-refractivity contribution in [2.75, 3.05) is 17.8 Å². The molecular weight excluding hydrogens is 386 g/mol. The SMILES string of the molecule is C/C=N\N(C)c1ccc(CC(NC(=O)[C@@H](CS)Cc2ccccc2)C(=O)O)cc1. The van der Waals surface area contributed by atoms with E-state index >= 15 is 0 Å². The molecule has 0 spiro atoms. The minimum Gasteiger partial charge on any atom is -0.480 e. The molecule has 0 bridgehead atoms. The maximum Gasteiger partial charge on any atom is 0.326 e. The molecule has 2 rings (SSSR count). The second kappa shape index (κ2) is 11.3. The van der Waals surface area contributed by atoms with E-state index in [4.69, 9.17) is 0 Å². The number of aliphatic carboxylic acids is 1. The smallest absolute Gasteiger partial charge is 0.326 e. The van der Waals surface area contributed by atoms with Crippen LogP contribution >= 0.6 is 12.6 Å². The van der Waals surface area contributed by atoms with Crippen molar-refractivity contribution in [1.29, 1.82) is 0 Å². The summed E-state index contributed by atoms with van der Waals surface area (Å²) < 4.78 is 0. The zero-order valence-electron chi connectivity index (χ0n) is 16.7. The summed E-state index contributed by atoms with van der Waals surface area (Å²) in [6.07, 6.45) is 2.41. The first-order valence-corrected chi connectivity index (χ1v) is 10.1. The van der Waals surface area contributed by atoms with E-state index in [1.165, 1.54) is 0 Å². The fraction of sp³-hybridized carbons (Fsp3) is 0.318. The second-order valence-electron chi connectivity index (χ2n) is 6.74. The number of nitrogens with one attached hydrogen (secondary N) is 1. The highest BCUT2D eigenvalue weighted by Crippen LogP contribution is 2.16. The summed E-state index contributed by atoms with van der Waals surface area (Å²) in [5.41, 5.74) is 2.73. The number of carbonyl (C=O) groups is 2. The van der Waals surface area contributed by atoms with Crippen LogP contribution < -0.4 is 10.3 Å². The Bertz CT molecular complexity index is 825. The van der Waals surface area contributed by atoms with Crippen LogP contribution in [0.4, 0.5) is 5.69 Å². The predicted octanol–water partition coefficient (Wildman–Crippen LogP) is 3.03. The number of amides is 1. The van der Waals surface area contributed by atoms with Gasteiger partial charge >= 0.3 is 5.97 Å². The van der Waals surface area contributed by atoms with Crippen molar-refractivity contribution in [1.82, 2.24) is 5.32 Å². The van der Waals surface area contributed by atoms with E-state index in [1.807, 2.05) is 68.6 Å². The number of hydrazone groups is 1. The molecule has 0 aliphatic carbocycles. The van der Waals surface area contributed by atoms with Gasteiger partial charge in [0.05, 0.1) is 11.6 Å². The van der Waals surface area contributed by atoms with E-state index in [2.05, 4.69) is 23.0 Å². The minimum atomic E-state index is -1.06. The number of anilines is 1. The zero-order valence-corrected chi connectivity index (χ0v) is 17.5. The number of carboxylic acid groups (broad SMARTS) is 1. The molecule has 29 heavy (non-hydrogen) atoms. The van der Waals surface area contributed by atoms with Gasteiger partial charge in [-0.25, -0.2) is 4.79 Å². The quantitative estimate of drug-likeness (QED) is 0.318. The fourth-order valence-corrected chi connectivity index (χ4v) is 3.25. The maximum absolute atomic E-state index is 12.7. The van der Waals surface area contributed by atoms with E-state index in [0.29, 0.717) is 12.2 Å². The van der Waals surface area contributed by atoms with E-state index in [1.54, 1.807) is 11.2 Å². The first kappa shape index (κ1) is 22.5. The lowest BCUT2D eigenvalue weighted by atomic mass is 9.99. The van der Waals surface area contributed by atoms with Gasteiger partial charge in [0.2, 0.25) is 5.91 Å². The van der Waals surface area contributed by atoms with Crippen molar-refractivity contribution in [3.63, 3.8) is 0 Å². The summed E-state index contributed by atoms with van der Waals surface area (Å²) in [6, 6.07) is 16.1. The molecule has 1 unspecified atom stereocenters. The van der Waals surface area contributed by atoms with Crippen LogP contribution in [0.2, 0.25) is 0 Å². The molecule has 7 heteroatoms. The normalized spacial score (nSPS) is 13.1. The first-order chi connectivity index (χ1) is 13.9. The molecule has 1 amide bonds. The third kappa shape index (κ3) is 6.94. The van der Waals surface area contributed by atoms with E-state index < -0.39 is 17.9 Å². The van der Waals surface area contributed by atoms with Crippen LogP contribution in [0.3, 0.4) is 0 Å². The van der Waals surface area contributed by atoms with Crippen LogP contribution in [0.15, 0.2) is 59.7 Å². The van der Waals surface area contributed by atoms with E-state index in [-0.39, 0.29) is 12.3 Å². The highest BCUT2D eigenvalue weighted by atomic mass is 32.1. The van der Waals surface area contributed by atoms with E-state index in [0.717, 1.165) is 16.8 Å². The summed E-state index contributed by atoms with van der Waals surface area (Å²) in [4.78, 5) is 24.4. The summed E-state index contributed by atoms with van der Waals surface area (Å²) in [7, 11) is 1.83. The van der Waals surface area contributed by atoms with Crippen LogP contribution in [-0.2, 0) is 22.4 Å². The number of rotatable bonds is 10. The van der Waals surface area contributed by atoms with Crippen LogP contribution in [0, 0.1) is 5.92 Å². The van der Waals surface area contributed by atoms with E-state index in [9.17, 15) is 14.7 Å². The Kier molecular flexibility index (Phi) is 8.73. The monoisotopic (exact) mass is 413 g/mol. The lowest BCUT2D eigenvalue weighted by molar-refractivity contribution is -0.142. The minimum absolute atomic E-state index is 0.201. The third-order valence-electron chi connectivity index (χ3n) is 4.57. The summed E-state index contributed by atoms with van der Waals surface area (Å²) in [6.45, 7) is 1.83. The standard InChI is InChI=1S/C22H27N3O3S/c1-3-23-25(2)19-11-9-17(10-12-19)14-20(22(27)28)24-21(26)18(15-29)13-16-7-5-4-6-8-16/h3-12,18,20,29H,13-15H2,1-2H3,(H,24,26)(H,27,28)/b23-3-/t18-,20?/m1/s1. The molecule has 0 aliphatic heterocycles.